The summed E-state index contributed by atoms with van der Waals surface area (Å²) in [6.45, 7) is 20.4. The van der Waals surface area contributed by atoms with Crippen LogP contribution in [-0.2, 0) is 27.3 Å². The zero-order valence-corrected chi connectivity index (χ0v) is 70.1. The van der Waals surface area contributed by atoms with Crippen LogP contribution in [0.2, 0.25) is 0 Å². The minimum atomic E-state index is -0.459. The quantitative estimate of drug-likeness (QED) is 0.0427. The lowest BCUT2D eigenvalue weighted by atomic mass is 9.99. The highest BCUT2D eigenvalue weighted by atomic mass is 16.5. The predicted molar refractivity (Wildman–Crippen MR) is 492 cm³/mol. The first kappa shape index (κ1) is 83.8. The van der Waals surface area contributed by atoms with Gasteiger partial charge in [-0.25, -0.2) is 29.9 Å². The van der Waals surface area contributed by atoms with E-state index in [1.807, 2.05) is 139 Å². The number of hydrogen-bond acceptors (Lipinski definition) is 25. The van der Waals surface area contributed by atoms with Crippen molar-refractivity contribution < 1.29 is 24.2 Å². The van der Waals surface area contributed by atoms with Gasteiger partial charge >= 0.3 is 0 Å². The monoisotopic (exact) mass is 1670 g/mol. The van der Waals surface area contributed by atoms with Crippen molar-refractivity contribution in [3.8, 4) is 5.75 Å². The number of hydrogen-bond donors (Lipinski definition) is 16. The molecule has 1 saturated heterocycles. The molecule has 14 heterocycles. The number of aryl methyl sites for hydroxylation is 6. The molecule has 0 atom stereocenters. The van der Waals surface area contributed by atoms with Gasteiger partial charge in [0.2, 0.25) is 17.7 Å². The van der Waals surface area contributed by atoms with Crippen molar-refractivity contribution in [3.05, 3.63) is 264 Å². The molecular formula is C91H93N29O5. The summed E-state index contributed by atoms with van der Waals surface area (Å²) in [6, 6.07) is 55.1. The molecule has 6 aromatic carbocycles. The highest BCUT2D eigenvalue weighted by Crippen LogP contribution is 2.35. The third kappa shape index (κ3) is 20.6. The van der Waals surface area contributed by atoms with Crippen molar-refractivity contribution in [3.63, 3.8) is 0 Å². The summed E-state index contributed by atoms with van der Waals surface area (Å²) < 4.78 is 5.42. The minimum Gasteiger partial charge on any atom is -0.508 e. The van der Waals surface area contributed by atoms with Crippen molar-refractivity contribution in [1.82, 2.24) is 96.0 Å². The largest absolute Gasteiger partial charge is 0.508 e. The Hall–Kier alpha value is -16.2. The maximum Gasteiger partial charge on any atom is 0.248 e. The predicted octanol–water partition coefficient (Wildman–Crippen LogP) is 16.6. The van der Waals surface area contributed by atoms with Gasteiger partial charge in [0.25, 0.3) is 0 Å². The number of aromatic amines is 6. The average Bonchev–Trinajstić information content (AvgIpc) is 1.46. The standard InChI is InChI=1S/C17H19N5O.C17H19N5.2C15H15N5O.C14H13N5O.C13H12N4O/c1-12-16-15(21-20-12)5-6-18-17(16)19-13-3-2-4-14(11-13)22-7-9-23-10-8-22;1-11-16-15(21-20-11)5-7-18-17(16)19-14-4-3-12-6-8-22(2)10-13(12)9-14;1-9-14-13(20-19-9)7-8-16-15(14)18-12-5-3-11(4-6-12)17-10(2)21;1-9-14-13(20-19-9)6-7-16-15(14)18-12-5-3-4-11(8-12)17-10(2)21;1-8-12-11(19-18-8)5-6-16-14(12)17-10-4-2-3-9(7-10)13(15)20;1-8-12-11(17-16-8)5-6-14-13(12)15-9-3-2-4-10(18)7-9/h2-6,11H,7-10H2,1H3,(H,18,19)(H,20,21);3-5,7,9H,6,8,10H2,1-2H3,(H,18,19)(H,20,21);2*3-8H,1-2H3,(H,16,18)(H,17,21)(H,19,20);2-7H,1H3,(H2,15,20)(H,16,17)(H,18,19);2-7,18H,1H3,(H,14,15)(H,16,17). The number of carbonyl (C=O) groups excluding carboxylic acids is 3. The second-order valence-electron chi connectivity index (χ2n) is 29.8. The zero-order chi connectivity index (χ0) is 87.0. The summed E-state index contributed by atoms with van der Waals surface area (Å²) in [5, 5.41) is 83.8. The molecule has 17 N–H and O–H groups in total. The fourth-order valence-corrected chi connectivity index (χ4v) is 14.5. The van der Waals surface area contributed by atoms with Crippen LogP contribution in [0.1, 0.15) is 69.5 Å². The number of nitrogens with zero attached hydrogens (tertiary/aromatic N) is 14. The van der Waals surface area contributed by atoms with Crippen LogP contribution in [0.15, 0.2) is 213 Å². The molecule has 0 aliphatic carbocycles. The van der Waals surface area contributed by atoms with E-state index in [4.69, 9.17) is 10.5 Å². The van der Waals surface area contributed by atoms with Gasteiger partial charge in [-0.2, -0.15) is 30.6 Å². The average molecular weight is 1670 g/mol. The van der Waals surface area contributed by atoms with E-state index in [0.717, 1.165) is 220 Å². The van der Waals surface area contributed by atoms with Gasteiger partial charge in [-0.3, -0.25) is 45.0 Å². The van der Waals surface area contributed by atoms with Crippen molar-refractivity contribution in [2.75, 3.05) is 87.3 Å². The van der Waals surface area contributed by atoms with E-state index in [0.29, 0.717) is 11.4 Å². The van der Waals surface area contributed by atoms with Gasteiger partial charge in [-0.05, 0) is 206 Å². The number of phenolic OH excluding ortho intramolecular Hbond substituents is 1. The number of phenols is 1. The highest BCUT2D eigenvalue weighted by Gasteiger charge is 2.19. The molecule has 1 fully saturated rings. The Morgan fingerprint density at radius 3 is 1.11 bits per heavy atom. The summed E-state index contributed by atoms with van der Waals surface area (Å²) in [6.07, 6.45) is 11.5. The number of ether oxygens (including phenoxy) is 1. The van der Waals surface area contributed by atoms with E-state index in [1.165, 1.54) is 30.7 Å². The van der Waals surface area contributed by atoms with Gasteiger partial charge in [0.05, 0.1) is 78.6 Å². The van der Waals surface area contributed by atoms with Crippen molar-refractivity contribution in [2.45, 2.75) is 68.4 Å². The fraction of sp³-hybridized carbons (Fsp3) is 0.176. The van der Waals surface area contributed by atoms with Gasteiger partial charge < -0.3 is 67.9 Å². The molecule has 0 spiro atoms. The topological polar surface area (TPSA) is 459 Å². The SMILES string of the molecule is CC(=O)Nc1ccc(Nc2nccc3n[nH]c(C)c23)cc1.CC(=O)Nc1cccc(Nc2nccc3n[nH]c(C)c23)c1.Cc1[nH]nc2ccnc(Nc3ccc4c(c3)CN(C)CC4)c12.Cc1[nH]nc2ccnc(Nc3cccc(C(N)=O)c3)c12.Cc1[nH]nc2ccnc(Nc3cccc(N4CCOCC4)c3)c12.Cc1[nH]nc2ccnc(Nc3cccc(O)c3)c12. The normalized spacial score (nSPS) is 12.2. The number of morpholine rings is 1. The van der Waals surface area contributed by atoms with Crippen LogP contribution in [0.5, 0.6) is 5.75 Å². The summed E-state index contributed by atoms with van der Waals surface area (Å²) in [7, 11) is 2.17. The Balaban J connectivity index is 0.000000116. The Kier molecular flexibility index (Phi) is 25.8. The van der Waals surface area contributed by atoms with Crippen LogP contribution in [0, 0.1) is 41.5 Å². The van der Waals surface area contributed by atoms with E-state index < -0.39 is 5.91 Å². The van der Waals surface area contributed by atoms with Crippen LogP contribution < -0.4 is 53.2 Å². The van der Waals surface area contributed by atoms with Crippen molar-refractivity contribution in [1.29, 1.82) is 0 Å². The summed E-state index contributed by atoms with van der Waals surface area (Å²) in [5.74, 6) is 4.16. The number of benzene rings is 6. The number of H-pyrrole nitrogens is 6. The van der Waals surface area contributed by atoms with Gasteiger partial charge in [0.15, 0.2) is 0 Å². The molecule has 0 radical (unpaired) electrons. The molecule has 0 bridgehead atoms. The van der Waals surface area contributed by atoms with Crippen LogP contribution in [-0.4, -0.2) is 159 Å². The second kappa shape index (κ2) is 38.4. The summed E-state index contributed by atoms with van der Waals surface area (Å²) in [4.78, 5) is 64.3. The lowest BCUT2D eigenvalue weighted by Crippen LogP contribution is -2.36. The Labute approximate surface area is 716 Å². The molecule has 34 heteroatoms. The molecule has 632 valence electrons. The Morgan fingerprint density at radius 1 is 0.368 bits per heavy atom. The molecule has 2 aliphatic rings. The number of aromatic nitrogens is 18. The Morgan fingerprint density at radius 2 is 0.704 bits per heavy atom. The smallest absolute Gasteiger partial charge is 0.248 e. The van der Waals surface area contributed by atoms with Gasteiger partial charge in [0, 0.05) is 174 Å². The van der Waals surface area contributed by atoms with Crippen LogP contribution >= 0.6 is 0 Å². The molecule has 125 heavy (non-hydrogen) atoms. The molecule has 20 rings (SSSR count). The number of aromatic hydroxyl groups is 1. The van der Waals surface area contributed by atoms with Crippen LogP contribution in [0.25, 0.3) is 65.4 Å². The molecule has 12 aromatic heterocycles. The fourth-order valence-electron chi connectivity index (χ4n) is 14.5. The summed E-state index contributed by atoms with van der Waals surface area (Å²) in [5.41, 5.74) is 27.8. The van der Waals surface area contributed by atoms with E-state index in [9.17, 15) is 19.5 Å². The highest BCUT2D eigenvalue weighted by molar-refractivity contribution is 5.99. The molecular weight excluding hydrogens is 1580 g/mol. The number of fused-ring (bicyclic) bond motifs is 7. The van der Waals surface area contributed by atoms with E-state index in [1.54, 1.807) is 73.6 Å². The molecule has 0 unspecified atom stereocenters. The lowest BCUT2D eigenvalue weighted by Gasteiger charge is -2.29. The van der Waals surface area contributed by atoms with Gasteiger partial charge in [0.1, 0.15) is 40.7 Å². The number of nitrogens with two attached hydrogens (primary N) is 1. The number of anilines is 15. The number of primary amides is 1. The third-order valence-electron chi connectivity index (χ3n) is 20.5. The Bertz CT molecular complexity index is 6860. The van der Waals surface area contributed by atoms with E-state index in [-0.39, 0.29) is 17.6 Å². The first-order chi connectivity index (χ1) is 60.7. The van der Waals surface area contributed by atoms with Crippen LogP contribution in [0.4, 0.5) is 86.1 Å². The number of pyridine rings is 6. The van der Waals surface area contributed by atoms with Crippen LogP contribution in [0.3, 0.4) is 0 Å². The van der Waals surface area contributed by atoms with E-state index in [2.05, 4.69) is 193 Å². The van der Waals surface area contributed by atoms with Crippen molar-refractivity contribution in [2.24, 2.45) is 5.73 Å². The maximum atomic E-state index is 11.2. The molecule has 2 aliphatic heterocycles. The first-order valence-corrected chi connectivity index (χ1v) is 40.2. The molecule has 0 saturated carbocycles. The number of likely N-dealkylation sites (N-methyl/N-ethyl adjacent to an activating group) is 1. The number of rotatable bonds is 16. The molecule has 34 nitrogen and oxygen atoms in total. The maximum absolute atomic E-state index is 11.2. The third-order valence-corrected chi connectivity index (χ3v) is 20.5. The van der Waals surface area contributed by atoms with Crippen molar-refractivity contribution >= 4 is 169 Å². The van der Waals surface area contributed by atoms with Gasteiger partial charge in [-0.15, -0.1) is 0 Å². The lowest BCUT2D eigenvalue weighted by molar-refractivity contribution is -0.115. The first-order valence-electron chi connectivity index (χ1n) is 40.2. The number of carbonyl (C=O) groups is 3. The summed E-state index contributed by atoms with van der Waals surface area (Å²) >= 11 is 0. The van der Waals surface area contributed by atoms with E-state index >= 15 is 0 Å². The second-order valence-corrected chi connectivity index (χ2v) is 29.8. The number of nitrogens with one attached hydrogen (secondary N) is 14. The minimum absolute atomic E-state index is 0.0869. The molecule has 18 aromatic rings. The number of amides is 3. The molecule has 3 amide bonds. The van der Waals surface area contributed by atoms with Gasteiger partial charge in [-0.1, -0.05) is 30.3 Å². The zero-order valence-electron chi connectivity index (χ0n) is 70.1.